The molecular formula is C21H15NO5S. The summed E-state index contributed by atoms with van der Waals surface area (Å²) in [5.41, 5.74) is 2.06. The van der Waals surface area contributed by atoms with Crippen molar-refractivity contribution in [2.45, 2.75) is 11.8 Å². The van der Waals surface area contributed by atoms with E-state index in [4.69, 9.17) is 8.92 Å². The standard InChI is InChI=1S/C21H15NO5S/c1-14-2-5-17(6-3-14)28(24,25)27-16-4-7-18-19(13-16)26-20(21(18)23)12-15-8-10-22-11-9-15/h2-13H,1H3/b20-12-. The number of ether oxygens (including phenoxy) is 1. The highest BCUT2D eigenvalue weighted by Gasteiger charge is 2.28. The molecule has 0 N–H and O–H groups in total. The summed E-state index contributed by atoms with van der Waals surface area (Å²) in [6.45, 7) is 1.86. The molecule has 0 radical (unpaired) electrons. The van der Waals surface area contributed by atoms with Gasteiger partial charge in [-0.1, -0.05) is 17.7 Å². The normalized spacial score (nSPS) is 14.6. The van der Waals surface area contributed by atoms with Crippen LogP contribution >= 0.6 is 0 Å². The van der Waals surface area contributed by atoms with Crippen LogP contribution in [0.2, 0.25) is 0 Å². The average molecular weight is 393 g/mol. The van der Waals surface area contributed by atoms with Crippen LogP contribution in [-0.4, -0.2) is 19.2 Å². The molecule has 28 heavy (non-hydrogen) atoms. The molecule has 140 valence electrons. The molecule has 2 aromatic carbocycles. The summed E-state index contributed by atoms with van der Waals surface area (Å²) in [6, 6.07) is 14.2. The Balaban J connectivity index is 1.60. The second kappa shape index (κ2) is 6.94. The Bertz CT molecular complexity index is 1180. The van der Waals surface area contributed by atoms with Gasteiger partial charge in [0.1, 0.15) is 16.4 Å². The van der Waals surface area contributed by atoms with Crippen molar-refractivity contribution in [1.82, 2.24) is 4.98 Å². The molecule has 0 amide bonds. The van der Waals surface area contributed by atoms with Crippen LogP contribution in [0, 0.1) is 6.92 Å². The van der Waals surface area contributed by atoms with Gasteiger partial charge in [-0.25, -0.2) is 0 Å². The number of nitrogens with zero attached hydrogens (tertiary/aromatic N) is 1. The first-order chi connectivity index (χ1) is 13.4. The summed E-state index contributed by atoms with van der Waals surface area (Å²) in [6.07, 6.45) is 4.83. The van der Waals surface area contributed by atoms with Crippen molar-refractivity contribution in [2.24, 2.45) is 0 Å². The molecule has 0 spiro atoms. The number of aromatic nitrogens is 1. The fraction of sp³-hybridized carbons (Fsp3) is 0.0476. The quantitative estimate of drug-likeness (QED) is 0.496. The first kappa shape index (κ1) is 17.9. The van der Waals surface area contributed by atoms with Gasteiger partial charge in [-0.15, -0.1) is 0 Å². The minimum atomic E-state index is -3.99. The van der Waals surface area contributed by atoms with E-state index in [0.29, 0.717) is 5.56 Å². The minimum Gasteiger partial charge on any atom is -0.452 e. The molecule has 0 saturated heterocycles. The zero-order valence-electron chi connectivity index (χ0n) is 14.8. The lowest BCUT2D eigenvalue weighted by Crippen LogP contribution is -2.09. The van der Waals surface area contributed by atoms with E-state index in [2.05, 4.69) is 4.98 Å². The predicted molar refractivity (Wildman–Crippen MR) is 103 cm³/mol. The minimum absolute atomic E-state index is 0.0499. The summed E-state index contributed by atoms with van der Waals surface area (Å²) >= 11 is 0. The highest BCUT2D eigenvalue weighted by molar-refractivity contribution is 7.87. The van der Waals surface area contributed by atoms with Crippen molar-refractivity contribution in [1.29, 1.82) is 0 Å². The predicted octanol–water partition coefficient (Wildman–Crippen LogP) is 3.77. The topological polar surface area (TPSA) is 82.6 Å². The summed E-state index contributed by atoms with van der Waals surface area (Å²) in [5, 5.41) is 0. The molecule has 4 rings (SSSR count). The van der Waals surface area contributed by atoms with Gasteiger partial charge in [0.2, 0.25) is 5.78 Å². The van der Waals surface area contributed by atoms with E-state index in [9.17, 15) is 13.2 Å². The Morgan fingerprint density at radius 1 is 1.00 bits per heavy atom. The van der Waals surface area contributed by atoms with E-state index in [-0.39, 0.29) is 27.9 Å². The number of aryl methyl sites for hydroxylation is 1. The van der Waals surface area contributed by atoms with E-state index in [1.54, 1.807) is 42.7 Å². The van der Waals surface area contributed by atoms with Gasteiger partial charge in [0.15, 0.2) is 5.76 Å². The Kier molecular flexibility index (Phi) is 4.44. The van der Waals surface area contributed by atoms with Crippen LogP contribution in [0.1, 0.15) is 21.5 Å². The van der Waals surface area contributed by atoms with Crippen LogP contribution in [0.4, 0.5) is 0 Å². The monoisotopic (exact) mass is 393 g/mol. The molecule has 6 nitrogen and oxygen atoms in total. The van der Waals surface area contributed by atoms with Crippen LogP contribution in [-0.2, 0) is 10.1 Å². The van der Waals surface area contributed by atoms with Gasteiger partial charge >= 0.3 is 10.1 Å². The van der Waals surface area contributed by atoms with Gasteiger partial charge in [-0.05, 0) is 55.0 Å². The Hall–Kier alpha value is -3.45. The molecule has 1 aliphatic heterocycles. The molecule has 2 heterocycles. The maximum absolute atomic E-state index is 12.5. The third-order valence-electron chi connectivity index (χ3n) is 4.16. The third-order valence-corrected chi connectivity index (χ3v) is 5.42. The number of hydrogen-bond donors (Lipinski definition) is 0. The van der Waals surface area contributed by atoms with E-state index in [1.165, 1.54) is 30.3 Å². The number of rotatable bonds is 4. The number of allylic oxidation sites excluding steroid dienone is 1. The highest BCUT2D eigenvalue weighted by Crippen LogP contribution is 2.35. The SMILES string of the molecule is Cc1ccc(S(=O)(=O)Oc2ccc3c(c2)O/C(=C\c2ccncc2)C3=O)cc1. The molecule has 0 fully saturated rings. The zero-order chi connectivity index (χ0) is 19.7. The second-order valence-electron chi connectivity index (χ2n) is 6.23. The van der Waals surface area contributed by atoms with Crippen molar-refractivity contribution in [3.8, 4) is 11.5 Å². The second-order valence-corrected chi connectivity index (χ2v) is 7.78. The van der Waals surface area contributed by atoms with Crippen LogP contribution in [0.3, 0.4) is 0 Å². The number of benzene rings is 2. The van der Waals surface area contributed by atoms with Gasteiger partial charge < -0.3 is 8.92 Å². The number of hydrogen-bond acceptors (Lipinski definition) is 6. The molecular weight excluding hydrogens is 378 g/mol. The lowest BCUT2D eigenvalue weighted by molar-refractivity contribution is 0.101. The summed E-state index contributed by atoms with van der Waals surface area (Å²) in [7, 11) is -3.99. The van der Waals surface area contributed by atoms with Crippen molar-refractivity contribution >= 4 is 22.0 Å². The van der Waals surface area contributed by atoms with Crippen LogP contribution in [0.25, 0.3) is 6.08 Å². The van der Waals surface area contributed by atoms with Gasteiger partial charge in [0, 0.05) is 18.5 Å². The molecule has 1 aliphatic rings. The van der Waals surface area contributed by atoms with Crippen molar-refractivity contribution < 1.29 is 22.1 Å². The Labute approximate surface area is 162 Å². The van der Waals surface area contributed by atoms with E-state index >= 15 is 0 Å². The maximum Gasteiger partial charge on any atom is 0.339 e. The Morgan fingerprint density at radius 3 is 2.43 bits per heavy atom. The third kappa shape index (κ3) is 3.52. The van der Waals surface area contributed by atoms with Crippen molar-refractivity contribution in [3.63, 3.8) is 0 Å². The molecule has 1 aromatic heterocycles. The number of carbonyl (C=O) groups excluding carboxylic acids is 1. The van der Waals surface area contributed by atoms with Crippen molar-refractivity contribution in [3.05, 3.63) is 89.4 Å². The smallest absolute Gasteiger partial charge is 0.339 e. The first-order valence-corrected chi connectivity index (χ1v) is 9.83. The fourth-order valence-electron chi connectivity index (χ4n) is 2.71. The van der Waals surface area contributed by atoms with Gasteiger partial charge in [-0.3, -0.25) is 9.78 Å². The molecule has 7 heteroatoms. The van der Waals surface area contributed by atoms with Crippen molar-refractivity contribution in [2.75, 3.05) is 0 Å². The highest BCUT2D eigenvalue weighted by atomic mass is 32.2. The maximum atomic E-state index is 12.5. The molecule has 0 aliphatic carbocycles. The van der Waals surface area contributed by atoms with Gasteiger partial charge in [0.25, 0.3) is 0 Å². The zero-order valence-corrected chi connectivity index (χ0v) is 15.6. The number of carbonyl (C=O) groups is 1. The van der Waals surface area contributed by atoms with Crippen LogP contribution < -0.4 is 8.92 Å². The van der Waals surface area contributed by atoms with Gasteiger partial charge in [-0.2, -0.15) is 8.42 Å². The summed E-state index contributed by atoms with van der Waals surface area (Å²) < 4.78 is 35.7. The molecule has 0 saturated carbocycles. The number of Topliss-reactive ketones (excluding diaryl/α,β-unsaturated/α-hetero) is 1. The van der Waals surface area contributed by atoms with Crippen LogP contribution in [0.15, 0.2) is 77.6 Å². The van der Waals surface area contributed by atoms with E-state index in [0.717, 1.165) is 11.1 Å². The molecule has 0 bridgehead atoms. The average Bonchev–Trinajstić information content (AvgIpc) is 2.97. The molecule has 0 unspecified atom stereocenters. The Morgan fingerprint density at radius 2 is 1.71 bits per heavy atom. The largest absolute Gasteiger partial charge is 0.452 e. The number of fused-ring (bicyclic) bond motifs is 1. The first-order valence-electron chi connectivity index (χ1n) is 8.42. The lowest BCUT2D eigenvalue weighted by Gasteiger charge is -2.08. The lowest BCUT2D eigenvalue weighted by atomic mass is 10.1. The summed E-state index contributed by atoms with van der Waals surface area (Å²) in [5.74, 6) is 0.193. The van der Waals surface area contributed by atoms with E-state index in [1.807, 2.05) is 6.92 Å². The van der Waals surface area contributed by atoms with Gasteiger partial charge in [0.05, 0.1) is 5.56 Å². The number of pyridine rings is 1. The molecule has 0 atom stereocenters. The summed E-state index contributed by atoms with van der Waals surface area (Å²) in [4.78, 5) is 16.5. The molecule has 3 aromatic rings. The van der Waals surface area contributed by atoms with E-state index < -0.39 is 10.1 Å². The number of ketones is 1. The van der Waals surface area contributed by atoms with Crippen LogP contribution in [0.5, 0.6) is 11.5 Å². The fourth-order valence-corrected chi connectivity index (χ4v) is 3.63.